The maximum atomic E-state index is 9.73. The summed E-state index contributed by atoms with van der Waals surface area (Å²) < 4.78 is 5.53. The fraction of sp³-hybridized carbons (Fsp3) is 0.571. The molecule has 0 radical (unpaired) electrons. The van der Waals surface area contributed by atoms with Gasteiger partial charge in [-0.05, 0) is 49.4 Å². The van der Waals surface area contributed by atoms with Crippen LogP contribution in [-0.4, -0.2) is 17.8 Å². The van der Waals surface area contributed by atoms with Crippen LogP contribution in [0.15, 0.2) is 18.2 Å². The Kier molecular flexibility index (Phi) is 5.79. The maximum Gasteiger partial charge on any atom is 0.119 e. The molecule has 0 bridgehead atoms. The highest BCUT2D eigenvalue weighted by Gasteiger charge is 2.07. The molecule has 0 spiro atoms. The van der Waals surface area contributed by atoms with E-state index in [2.05, 4.69) is 13.8 Å². The van der Waals surface area contributed by atoms with Gasteiger partial charge in [0.2, 0.25) is 0 Å². The van der Waals surface area contributed by atoms with Crippen molar-refractivity contribution < 1.29 is 9.84 Å². The summed E-state index contributed by atoms with van der Waals surface area (Å²) in [5.74, 6) is 1.37. The summed E-state index contributed by atoms with van der Waals surface area (Å²) in [5, 5.41) is 10.5. The Morgan fingerprint density at radius 1 is 1.29 bits per heavy atom. The van der Waals surface area contributed by atoms with Gasteiger partial charge in [-0.1, -0.05) is 25.4 Å². The Balaban J connectivity index is 2.36. The second-order valence-corrected chi connectivity index (χ2v) is 5.25. The van der Waals surface area contributed by atoms with E-state index in [1.807, 2.05) is 25.1 Å². The maximum absolute atomic E-state index is 9.73. The van der Waals surface area contributed by atoms with E-state index < -0.39 is 6.10 Å². The highest BCUT2D eigenvalue weighted by molar-refractivity contribution is 6.31. The summed E-state index contributed by atoms with van der Waals surface area (Å²) in [5.41, 5.74) is 0.987. The first-order valence-electron chi connectivity index (χ1n) is 6.06. The molecule has 1 aromatic rings. The third-order valence-corrected chi connectivity index (χ3v) is 3.07. The molecule has 0 amide bonds. The summed E-state index contributed by atoms with van der Waals surface area (Å²) in [6.07, 6.45) is 1.40. The van der Waals surface area contributed by atoms with Crippen LogP contribution in [0.5, 0.6) is 5.75 Å². The lowest BCUT2D eigenvalue weighted by Gasteiger charge is -2.14. The lowest BCUT2D eigenvalue weighted by molar-refractivity contribution is 0.0950. The molecule has 0 aromatic heterocycles. The molecule has 1 rings (SSSR count). The van der Waals surface area contributed by atoms with Gasteiger partial charge in [0.05, 0.1) is 6.10 Å². The number of aryl methyl sites for hydroxylation is 1. The van der Waals surface area contributed by atoms with Gasteiger partial charge in [0.25, 0.3) is 0 Å². The Hall–Kier alpha value is -0.730. The van der Waals surface area contributed by atoms with Crippen LogP contribution in [0.3, 0.4) is 0 Å². The quantitative estimate of drug-likeness (QED) is 0.838. The molecule has 0 unspecified atom stereocenters. The third kappa shape index (κ3) is 5.42. The number of hydrogen-bond acceptors (Lipinski definition) is 2. The monoisotopic (exact) mass is 256 g/mol. The van der Waals surface area contributed by atoms with Crippen LogP contribution >= 0.6 is 11.6 Å². The minimum Gasteiger partial charge on any atom is -0.491 e. The van der Waals surface area contributed by atoms with Crippen molar-refractivity contribution >= 4 is 11.6 Å². The van der Waals surface area contributed by atoms with Gasteiger partial charge in [0.15, 0.2) is 0 Å². The van der Waals surface area contributed by atoms with Gasteiger partial charge >= 0.3 is 0 Å². The van der Waals surface area contributed by atoms with Crippen LogP contribution in [0.2, 0.25) is 5.02 Å². The Morgan fingerprint density at radius 3 is 2.59 bits per heavy atom. The summed E-state index contributed by atoms with van der Waals surface area (Å²) in [4.78, 5) is 0. The van der Waals surface area contributed by atoms with Crippen LogP contribution in [0.4, 0.5) is 0 Å². The zero-order chi connectivity index (χ0) is 12.8. The van der Waals surface area contributed by atoms with E-state index in [9.17, 15) is 5.11 Å². The van der Waals surface area contributed by atoms with Gasteiger partial charge in [-0.25, -0.2) is 0 Å². The lowest BCUT2D eigenvalue weighted by Crippen LogP contribution is -2.18. The third-order valence-electron chi connectivity index (χ3n) is 2.65. The summed E-state index contributed by atoms with van der Waals surface area (Å²) >= 11 is 5.92. The Bertz CT molecular complexity index is 350. The Labute approximate surface area is 109 Å². The fourth-order valence-corrected chi connectivity index (χ4v) is 1.63. The van der Waals surface area contributed by atoms with Crippen molar-refractivity contribution in [3.8, 4) is 5.75 Å². The normalized spacial score (nSPS) is 12.8. The minimum absolute atomic E-state index is 0.341. The van der Waals surface area contributed by atoms with Crippen molar-refractivity contribution in [2.45, 2.75) is 39.7 Å². The van der Waals surface area contributed by atoms with E-state index in [1.54, 1.807) is 0 Å². The van der Waals surface area contributed by atoms with E-state index in [-0.39, 0.29) is 0 Å². The lowest BCUT2D eigenvalue weighted by atomic mass is 10.1. The summed E-state index contributed by atoms with van der Waals surface area (Å²) in [6, 6.07) is 5.52. The molecule has 96 valence electrons. The molecular formula is C14H21ClO2. The van der Waals surface area contributed by atoms with Crippen molar-refractivity contribution in [2.75, 3.05) is 6.61 Å². The molecule has 0 aliphatic rings. The molecule has 0 aliphatic carbocycles. The molecule has 0 heterocycles. The topological polar surface area (TPSA) is 29.5 Å². The molecule has 0 saturated heterocycles. The second-order valence-electron chi connectivity index (χ2n) is 4.85. The van der Waals surface area contributed by atoms with Crippen molar-refractivity contribution in [3.63, 3.8) is 0 Å². The molecule has 1 N–H and O–H groups in total. The molecule has 3 heteroatoms. The van der Waals surface area contributed by atoms with Crippen LogP contribution < -0.4 is 4.74 Å². The standard InChI is InChI=1S/C14H21ClO2/c1-10(2)4-5-12(16)9-17-13-6-7-14(15)11(3)8-13/h6-8,10,12,16H,4-5,9H2,1-3H3/t12-/m0/s1. The average Bonchev–Trinajstić information content (AvgIpc) is 2.28. The number of ether oxygens (including phenoxy) is 1. The molecule has 0 fully saturated rings. The average molecular weight is 257 g/mol. The molecule has 17 heavy (non-hydrogen) atoms. The number of halogens is 1. The van der Waals surface area contributed by atoms with Gasteiger partial charge in [-0.3, -0.25) is 0 Å². The van der Waals surface area contributed by atoms with Crippen LogP contribution in [0.1, 0.15) is 32.3 Å². The fourth-order valence-electron chi connectivity index (χ4n) is 1.51. The molecule has 2 nitrogen and oxygen atoms in total. The highest BCUT2D eigenvalue weighted by atomic mass is 35.5. The Morgan fingerprint density at radius 2 is 2.00 bits per heavy atom. The molecular weight excluding hydrogens is 236 g/mol. The van der Waals surface area contributed by atoms with Crippen molar-refractivity contribution in [2.24, 2.45) is 5.92 Å². The van der Waals surface area contributed by atoms with Crippen molar-refractivity contribution in [3.05, 3.63) is 28.8 Å². The van der Waals surface area contributed by atoms with Crippen molar-refractivity contribution in [1.82, 2.24) is 0 Å². The zero-order valence-electron chi connectivity index (χ0n) is 10.7. The number of rotatable bonds is 6. The first kappa shape index (κ1) is 14.3. The van der Waals surface area contributed by atoms with E-state index in [0.29, 0.717) is 12.5 Å². The van der Waals surface area contributed by atoms with Crippen LogP contribution in [0, 0.1) is 12.8 Å². The van der Waals surface area contributed by atoms with Crippen LogP contribution in [-0.2, 0) is 0 Å². The molecule has 1 atom stereocenters. The van der Waals surface area contributed by atoms with E-state index in [0.717, 1.165) is 29.2 Å². The molecule has 1 aromatic carbocycles. The van der Waals surface area contributed by atoms with Gasteiger partial charge in [-0.2, -0.15) is 0 Å². The van der Waals surface area contributed by atoms with Gasteiger partial charge in [0.1, 0.15) is 12.4 Å². The number of aliphatic hydroxyl groups is 1. The van der Waals surface area contributed by atoms with Gasteiger partial charge in [0, 0.05) is 5.02 Å². The van der Waals surface area contributed by atoms with E-state index in [4.69, 9.17) is 16.3 Å². The number of aliphatic hydroxyl groups excluding tert-OH is 1. The van der Waals surface area contributed by atoms with E-state index in [1.165, 1.54) is 0 Å². The SMILES string of the molecule is Cc1cc(OC[C@@H](O)CCC(C)C)ccc1Cl. The smallest absolute Gasteiger partial charge is 0.119 e. The van der Waals surface area contributed by atoms with Gasteiger partial charge < -0.3 is 9.84 Å². The number of hydrogen-bond donors (Lipinski definition) is 1. The van der Waals surface area contributed by atoms with Crippen LogP contribution in [0.25, 0.3) is 0 Å². The number of benzene rings is 1. The highest BCUT2D eigenvalue weighted by Crippen LogP contribution is 2.21. The van der Waals surface area contributed by atoms with Gasteiger partial charge in [-0.15, -0.1) is 0 Å². The first-order valence-corrected chi connectivity index (χ1v) is 6.44. The predicted molar refractivity (Wildman–Crippen MR) is 71.8 cm³/mol. The molecule has 0 saturated carbocycles. The predicted octanol–water partition coefficient (Wildman–Crippen LogP) is 3.82. The largest absolute Gasteiger partial charge is 0.491 e. The first-order chi connectivity index (χ1) is 7.99. The minimum atomic E-state index is -0.395. The zero-order valence-corrected chi connectivity index (χ0v) is 11.5. The van der Waals surface area contributed by atoms with E-state index >= 15 is 0 Å². The second kappa shape index (κ2) is 6.87. The molecule has 0 aliphatic heterocycles. The summed E-state index contributed by atoms with van der Waals surface area (Å²) in [6.45, 7) is 6.57. The van der Waals surface area contributed by atoms with Crippen molar-refractivity contribution in [1.29, 1.82) is 0 Å². The summed E-state index contributed by atoms with van der Waals surface area (Å²) in [7, 11) is 0.